The molecule has 1 aromatic carbocycles. The molecule has 13 heteroatoms. The molecule has 0 aliphatic carbocycles. The van der Waals surface area contributed by atoms with Crippen LogP contribution in [-0.2, 0) is 13.1 Å². The molecule has 0 unspecified atom stereocenters. The van der Waals surface area contributed by atoms with Gasteiger partial charge in [-0.3, -0.25) is 4.79 Å². The van der Waals surface area contributed by atoms with Crippen LogP contribution in [0.1, 0.15) is 28.9 Å². The Morgan fingerprint density at radius 1 is 1.13 bits per heavy atom. The predicted molar refractivity (Wildman–Crippen MR) is 95.7 cm³/mol. The van der Waals surface area contributed by atoms with E-state index in [-0.39, 0.29) is 36.7 Å². The fraction of sp³-hybridized carbons (Fsp3) is 0.389. The summed E-state index contributed by atoms with van der Waals surface area (Å²) in [5, 5.41) is 4.04. The lowest BCUT2D eigenvalue weighted by Gasteiger charge is -2.29. The van der Waals surface area contributed by atoms with Crippen molar-refractivity contribution < 1.29 is 35.9 Å². The Morgan fingerprint density at radius 2 is 1.74 bits per heavy atom. The SMILES string of the molecule is Cc1nc(C(=O)N[C@H](C)C(F)(F)F)c2n1CCN(C(=O)Nc1cc(F)c(F)c(F)c1)C2. The highest BCUT2D eigenvalue weighted by atomic mass is 19.4. The standard InChI is InChI=1S/C18H17F6N5O2/c1-8(18(22,23)24)25-16(30)15-13-7-28(3-4-29(13)9(2)26-15)17(31)27-10-5-11(19)14(21)12(20)6-10/h5-6,8H,3-4,7H2,1-2H3,(H,25,30)(H,27,31)/t8-/m1/s1. The van der Waals surface area contributed by atoms with E-state index in [9.17, 15) is 35.9 Å². The smallest absolute Gasteiger partial charge is 0.339 e. The maximum Gasteiger partial charge on any atom is 0.408 e. The molecule has 2 N–H and O–H groups in total. The zero-order valence-electron chi connectivity index (χ0n) is 16.3. The number of alkyl halides is 3. The highest BCUT2D eigenvalue weighted by molar-refractivity contribution is 5.94. The van der Waals surface area contributed by atoms with Gasteiger partial charge in [-0.15, -0.1) is 0 Å². The number of urea groups is 1. The lowest BCUT2D eigenvalue weighted by molar-refractivity contribution is -0.149. The van der Waals surface area contributed by atoms with Crippen molar-refractivity contribution in [2.24, 2.45) is 0 Å². The molecule has 1 aliphatic heterocycles. The van der Waals surface area contributed by atoms with Gasteiger partial charge in [-0.2, -0.15) is 13.2 Å². The molecule has 0 bridgehead atoms. The normalized spacial score (nSPS) is 14.8. The van der Waals surface area contributed by atoms with Gasteiger partial charge in [-0.25, -0.2) is 22.9 Å². The van der Waals surface area contributed by atoms with Crippen LogP contribution in [0.25, 0.3) is 0 Å². The minimum atomic E-state index is -4.64. The number of hydrogen-bond acceptors (Lipinski definition) is 3. The Bertz CT molecular complexity index is 1010. The molecule has 168 valence electrons. The molecule has 2 aromatic rings. The summed E-state index contributed by atoms with van der Waals surface area (Å²) < 4.78 is 79.6. The van der Waals surface area contributed by atoms with Gasteiger partial charge in [0.25, 0.3) is 5.91 Å². The van der Waals surface area contributed by atoms with Crippen molar-refractivity contribution in [3.63, 3.8) is 0 Å². The second-order valence-corrected chi connectivity index (χ2v) is 6.95. The summed E-state index contributed by atoms with van der Waals surface area (Å²) in [7, 11) is 0. The molecule has 0 spiro atoms. The van der Waals surface area contributed by atoms with E-state index in [1.807, 2.05) is 5.32 Å². The van der Waals surface area contributed by atoms with Crippen LogP contribution >= 0.6 is 0 Å². The number of carbonyl (C=O) groups excluding carboxylic acids is 2. The third kappa shape index (κ3) is 4.59. The van der Waals surface area contributed by atoms with Gasteiger partial charge in [0.2, 0.25) is 0 Å². The van der Waals surface area contributed by atoms with Crippen molar-refractivity contribution >= 4 is 17.6 Å². The second kappa shape index (κ2) is 8.12. The van der Waals surface area contributed by atoms with Crippen molar-refractivity contribution in [3.05, 3.63) is 46.8 Å². The number of nitrogens with one attached hydrogen (secondary N) is 2. The van der Waals surface area contributed by atoms with E-state index in [0.29, 0.717) is 18.0 Å². The fourth-order valence-electron chi connectivity index (χ4n) is 3.08. The monoisotopic (exact) mass is 449 g/mol. The summed E-state index contributed by atoms with van der Waals surface area (Å²) in [4.78, 5) is 30.0. The molecule has 3 rings (SSSR count). The van der Waals surface area contributed by atoms with Crippen molar-refractivity contribution in [3.8, 4) is 0 Å². The highest BCUT2D eigenvalue weighted by Gasteiger charge is 2.38. The maximum absolute atomic E-state index is 13.3. The van der Waals surface area contributed by atoms with Crippen LogP contribution in [0.15, 0.2) is 12.1 Å². The number of aryl methyl sites for hydroxylation is 1. The number of rotatable bonds is 3. The Balaban J connectivity index is 1.78. The number of aromatic nitrogens is 2. The molecule has 0 saturated carbocycles. The quantitative estimate of drug-likeness (QED) is 0.558. The van der Waals surface area contributed by atoms with Crippen LogP contribution in [0, 0.1) is 24.4 Å². The first-order chi connectivity index (χ1) is 14.4. The summed E-state index contributed by atoms with van der Waals surface area (Å²) in [6.07, 6.45) is -4.64. The van der Waals surface area contributed by atoms with Crippen LogP contribution < -0.4 is 10.6 Å². The van der Waals surface area contributed by atoms with Crippen LogP contribution in [0.2, 0.25) is 0 Å². The molecule has 2 heterocycles. The number of fused-ring (bicyclic) bond motifs is 1. The summed E-state index contributed by atoms with van der Waals surface area (Å²) in [6.45, 7) is 2.47. The molecule has 31 heavy (non-hydrogen) atoms. The molecule has 1 aromatic heterocycles. The van der Waals surface area contributed by atoms with E-state index in [2.05, 4.69) is 10.3 Å². The minimum absolute atomic E-state index is 0.127. The van der Waals surface area contributed by atoms with Crippen LogP contribution in [0.5, 0.6) is 0 Å². The lowest BCUT2D eigenvalue weighted by Crippen LogP contribution is -2.44. The van der Waals surface area contributed by atoms with Gasteiger partial charge in [0.05, 0.1) is 12.2 Å². The number of benzene rings is 1. The van der Waals surface area contributed by atoms with Gasteiger partial charge in [0.15, 0.2) is 23.1 Å². The highest BCUT2D eigenvalue weighted by Crippen LogP contribution is 2.23. The van der Waals surface area contributed by atoms with Gasteiger partial charge < -0.3 is 20.1 Å². The minimum Gasteiger partial charge on any atom is -0.339 e. The van der Waals surface area contributed by atoms with Gasteiger partial charge >= 0.3 is 12.2 Å². The Kier molecular flexibility index (Phi) is 5.87. The molecule has 0 saturated heterocycles. The maximum atomic E-state index is 13.3. The molecule has 1 aliphatic rings. The first-order valence-corrected chi connectivity index (χ1v) is 9.02. The first kappa shape index (κ1) is 22.4. The van der Waals surface area contributed by atoms with Crippen molar-refractivity contribution in [2.45, 2.75) is 39.2 Å². The lowest BCUT2D eigenvalue weighted by atomic mass is 10.2. The van der Waals surface area contributed by atoms with E-state index in [0.717, 1.165) is 6.92 Å². The Hall–Kier alpha value is -3.25. The van der Waals surface area contributed by atoms with E-state index in [1.54, 1.807) is 11.5 Å². The third-order valence-corrected chi connectivity index (χ3v) is 4.77. The van der Waals surface area contributed by atoms with Gasteiger partial charge in [0.1, 0.15) is 11.9 Å². The van der Waals surface area contributed by atoms with Crippen LogP contribution in [0.4, 0.5) is 36.8 Å². The molecule has 0 radical (unpaired) electrons. The number of nitrogens with zero attached hydrogens (tertiary/aromatic N) is 3. The number of imidazole rings is 1. The molecule has 3 amide bonds. The van der Waals surface area contributed by atoms with E-state index < -0.39 is 41.6 Å². The predicted octanol–water partition coefficient (Wildman–Crippen LogP) is 3.34. The van der Waals surface area contributed by atoms with Gasteiger partial charge in [-0.1, -0.05) is 0 Å². The second-order valence-electron chi connectivity index (χ2n) is 6.95. The zero-order chi connectivity index (χ0) is 23.1. The first-order valence-electron chi connectivity index (χ1n) is 9.02. The summed E-state index contributed by atoms with van der Waals surface area (Å²) in [5.74, 6) is -5.32. The van der Waals surface area contributed by atoms with E-state index in [1.165, 1.54) is 4.90 Å². The molecule has 0 fully saturated rings. The average molecular weight is 449 g/mol. The summed E-state index contributed by atoms with van der Waals surface area (Å²) in [5.41, 5.74) is -0.374. The van der Waals surface area contributed by atoms with Gasteiger partial charge in [0, 0.05) is 30.9 Å². The van der Waals surface area contributed by atoms with Gasteiger partial charge in [-0.05, 0) is 13.8 Å². The van der Waals surface area contributed by atoms with Crippen LogP contribution in [-0.4, -0.2) is 45.2 Å². The molecule has 1 atom stereocenters. The Labute approximate surface area is 172 Å². The number of amides is 3. The zero-order valence-corrected chi connectivity index (χ0v) is 16.3. The number of anilines is 1. The van der Waals surface area contributed by atoms with Crippen molar-refractivity contribution in [2.75, 3.05) is 11.9 Å². The number of hydrogen-bond donors (Lipinski definition) is 2. The third-order valence-electron chi connectivity index (χ3n) is 4.77. The topological polar surface area (TPSA) is 79.3 Å². The fourth-order valence-corrected chi connectivity index (χ4v) is 3.08. The molecule has 7 nitrogen and oxygen atoms in total. The van der Waals surface area contributed by atoms with E-state index >= 15 is 0 Å². The summed E-state index contributed by atoms with van der Waals surface area (Å²) >= 11 is 0. The van der Waals surface area contributed by atoms with E-state index in [4.69, 9.17) is 0 Å². The van der Waals surface area contributed by atoms with Crippen molar-refractivity contribution in [1.82, 2.24) is 19.8 Å². The molecular formula is C18H17F6N5O2. The Morgan fingerprint density at radius 3 is 2.32 bits per heavy atom. The number of halogens is 6. The van der Waals surface area contributed by atoms with Crippen molar-refractivity contribution in [1.29, 1.82) is 0 Å². The number of carbonyl (C=O) groups is 2. The largest absolute Gasteiger partial charge is 0.408 e. The average Bonchev–Trinajstić information content (AvgIpc) is 3.01. The van der Waals surface area contributed by atoms with Crippen LogP contribution in [0.3, 0.4) is 0 Å². The summed E-state index contributed by atoms with van der Waals surface area (Å²) in [6, 6.07) is -1.70. The molecular weight excluding hydrogens is 432 g/mol.